The average molecular weight is 424 g/mol. The Morgan fingerprint density at radius 3 is 2.09 bits per heavy atom. The number of hydrazone groups is 1. The lowest BCUT2D eigenvalue weighted by Gasteiger charge is -2.06. The monoisotopic (exact) mass is 422 g/mol. The van der Waals surface area contributed by atoms with Crippen LogP contribution in [0.3, 0.4) is 0 Å². The van der Waals surface area contributed by atoms with E-state index in [9.17, 15) is 4.79 Å². The molecule has 0 aliphatic rings. The minimum absolute atomic E-state index is 0.120. The second-order valence-electron chi connectivity index (χ2n) is 4.76. The van der Waals surface area contributed by atoms with Gasteiger partial charge in [0.1, 0.15) is 0 Å². The smallest absolute Gasteiger partial charge is 0.244 e. The van der Waals surface area contributed by atoms with Crippen LogP contribution in [0.25, 0.3) is 0 Å². The first-order valence-electron chi connectivity index (χ1n) is 6.94. The summed E-state index contributed by atoms with van der Waals surface area (Å²) in [4.78, 5) is 12.0. The third-order valence-corrected chi connectivity index (χ3v) is 4.16. The van der Waals surface area contributed by atoms with Crippen molar-refractivity contribution in [1.29, 1.82) is 0 Å². The second kappa shape index (κ2) is 8.25. The summed E-state index contributed by atoms with van der Waals surface area (Å²) in [7, 11) is 0. The number of rotatable bonds is 5. The zero-order valence-electron chi connectivity index (χ0n) is 12.1. The van der Waals surface area contributed by atoms with Crippen LogP contribution in [0.5, 0.6) is 0 Å². The summed E-state index contributed by atoms with van der Waals surface area (Å²) in [5.74, 6) is -0.120. The standard InChI is InChI=1S/C17H16Br2N2O/c1-2-16(13-5-9-15(19)10-6-13)20-21-17(22)11-12-3-7-14(18)8-4-12/h3-10H,2,11H2,1H3,(H,21,22)/b20-16-. The van der Waals surface area contributed by atoms with Gasteiger partial charge in [0.25, 0.3) is 0 Å². The molecule has 3 nitrogen and oxygen atoms in total. The number of amides is 1. The fourth-order valence-corrected chi connectivity index (χ4v) is 2.48. The highest BCUT2D eigenvalue weighted by Gasteiger charge is 2.05. The maximum atomic E-state index is 12.0. The molecule has 0 bridgehead atoms. The number of benzene rings is 2. The molecule has 0 atom stereocenters. The van der Waals surface area contributed by atoms with Crippen LogP contribution in [0.1, 0.15) is 24.5 Å². The van der Waals surface area contributed by atoms with Crippen LogP contribution in [0.4, 0.5) is 0 Å². The van der Waals surface area contributed by atoms with Crippen molar-refractivity contribution in [2.24, 2.45) is 5.10 Å². The molecular formula is C17H16Br2N2O. The molecule has 0 aromatic heterocycles. The SMILES string of the molecule is CC/C(=N/NC(=O)Cc1ccc(Br)cc1)c1ccc(Br)cc1. The van der Waals surface area contributed by atoms with E-state index >= 15 is 0 Å². The fourth-order valence-electron chi connectivity index (χ4n) is 1.95. The number of hydrogen-bond donors (Lipinski definition) is 1. The molecule has 2 aromatic rings. The Bertz CT molecular complexity index is 664. The van der Waals surface area contributed by atoms with Gasteiger partial charge in [-0.15, -0.1) is 0 Å². The van der Waals surface area contributed by atoms with E-state index < -0.39 is 0 Å². The summed E-state index contributed by atoms with van der Waals surface area (Å²) in [5.41, 5.74) is 5.46. The summed E-state index contributed by atoms with van der Waals surface area (Å²) in [6, 6.07) is 15.6. The lowest BCUT2D eigenvalue weighted by molar-refractivity contribution is -0.120. The van der Waals surface area contributed by atoms with E-state index in [0.29, 0.717) is 6.42 Å². The van der Waals surface area contributed by atoms with Gasteiger partial charge in [-0.2, -0.15) is 5.10 Å². The Kier molecular flexibility index (Phi) is 6.34. The molecule has 2 rings (SSSR count). The number of carbonyl (C=O) groups is 1. The summed E-state index contributed by atoms with van der Waals surface area (Å²) in [5, 5.41) is 4.25. The zero-order valence-corrected chi connectivity index (χ0v) is 15.3. The fraction of sp³-hybridized carbons (Fsp3) is 0.176. The predicted octanol–water partition coefficient (Wildman–Crippen LogP) is 4.68. The normalized spacial score (nSPS) is 11.3. The number of nitrogens with zero attached hydrogens (tertiary/aromatic N) is 1. The highest BCUT2D eigenvalue weighted by atomic mass is 79.9. The molecule has 114 valence electrons. The Labute approximate surface area is 147 Å². The Hall–Kier alpha value is -1.46. The van der Waals surface area contributed by atoms with E-state index in [1.165, 1.54) is 0 Å². The van der Waals surface area contributed by atoms with Crippen LogP contribution >= 0.6 is 31.9 Å². The zero-order chi connectivity index (χ0) is 15.9. The van der Waals surface area contributed by atoms with Crippen LogP contribution in [0, 0.1) is 0 Å². The van der Waals surface area contributed by atoms with Gasteiger partial charge >= 0.3 is 0 Å². The molecule has 1 amide bonds. The van der Waals surface area contributed by atoms with Crippen LogP contribution in [0.2, 0.25) is 0 Å². The number of hydrogen-bond acceptors (Lipinski definition) is 2. The quantitative estimate of drug-likeness (QED) is 0.550. The molecule has 2 aromatic carbocycles. The van der Waals surface area contributed by atoms with Crippen molar-refractivity contribution in [2.45, 2.75) is 19.8 Å². The third-order valence-electron chi connectivity index (χ3n) is 3.11. The highest BCUT2D eigenvalue weighted by molar-refractivity contribution is 9.10. The minimum atomic E-state index is -0.120. The van der Waals surface area contributed by atoms with Gasteiger partial charge in [0.05, 0.1) is 12.1 Å². The first-order valence-corrected chi connectivity index (χ1v) is 8.53. The summed E-state index contributed by atoms with van der Waals surface area (Å²) >= 11 is 6.78. The van der Waals surface area contributed by atoms with Gasteiger partial charge in [-0.05, 0) is 41.8 Å². The largest absolute Gasteiger partial charge is 0.273 e. The van der Waals surface area contributed by atoms with Gasteiger partial charge in [0.2, 0.25) is 5.91 Å². The predicted molar refractivity (Wildman–Crippen MR) is 97.0 cm³/mol. The van der Waals surface area contributed by atoms with E-state index in [1.54, 1.807) is 0 Å². The van der Waals surface area contributed by atoms with Crippen molar-refractivity contribution in [3.63, 3.8) is 0 Å². The summed E-state index contributed by atoms with van der Waals surface area (Å²) < 4.78 is 2.02. The first-order chi connectivity index (χ1) is 10.6. The third kappa shape index (κ3) is 5.07. The molecule has 0 fully saturated rings. The second-order valence-corrected chi connectivity index (χ2v) is 6.59. The van der Waals surface area contributed by atoms with Crippen LogP contribution in [0.15, 0.2) is 62.6 Å². The molecule has 22 heavy (non-hydrogen) atoms. The lowest BCUT2D eigenvalue weighted by Crippen LogP contribution is -2.21. The average Bonchev–Trinajstić information content (AvgIpc) is 2.52. The number of halogens is 2. The van der Waals surface area contributed by atoms with Crippen molar-refractivity contribution >= 4 is 43.5 Å². The molecule has 0 radical (unpaired) electrons. The maximum Gasteiger partial charge on any atom is 0.244 e. The lowest BCUT2D eigenvalue weighted by atomic mass is 10.1. The van der Waals surface area contributed by atoms with Crippen LogP contribution in [-0.4, -0.2) is 11.6 Å². The van der Waals surface area contributed by atoms with Crippen molar-refractivity contribution in [2.75, 3.05) is 0 Å². The van der Waals surface area contributed by atoms with Gasteiger partial charge in [0, 0.05) is 8.95 Å². The number of nitrogens with one attached hydrogen (secondary N) is 1. The number of carbonyl (C=O) groups excluding carboxylic acids is 1. The van der Waals surface area contributed by atoms with E-state index in [-0.39, 0.29) is 5.91 Å². The van der Waals surface area contributed by atoms with Crippen molar-refractivity contribution in [1.82, 2.24) is 5.43 Å². The minimum Gasteiger partial charge on any atom is -0.273 e. The summed E-state index contributed by atoms with van der Waals surface area (Å²) in [6.45, 7) is 2.02. The van der Waals surface area contributed by atoms with Crippen molar-refractivity contribution in [3.05, 3.63) is 68.6 Å². The van der Waals surface area contributed by atoms with Crippen molar-refractivity contribution in [3.8, 4) is 0 Å². The van der Waals surface area contributed by atoms with E-state index in [0.717, 1.165) is 32.2 Å². The molecular weight excluding hydrogens is 408 g/mol. The Morgan fingerprint density at radius 2 is 1.55 bits per heavy atom. The van der Waals surface area contributed by atoms with E-state index in [1.807, 2.05) is 55.5 Å². The Balaban J connectivity index is 2.00. The molecule has 0 heterocycles. The summed E-state index contributed by atoms with van der Waals surface area (Å²) in [6.07, 6.45) is 1.06. The Morgan fingerprint density at radius 1 is 1.00 bits per heavy atom. The molecule has 0 aliphatic heterocycles. The topological polar surface area (TPSA) is 41.5 Å². The molecule has 0 spiro atoms. The van der Waals surface area contributed by atoms with E-state index in [2.05, 4.69) is 42.4 Å². The van der Waals surface area contributed by atoms with Gasteiger partial charge in [-0.1, -0.05) is 63.0 Å². The molecule has 0 saturated carbocycles. The molecule has 1 N–H and O–H groups in total. The van der Waals surface area contributed by atoms with Crippen LogP contribution in [-0.2, 0) is 11.2 Å². The van der Waals surface area contributed by atoms with Gasteiger partial charge in [0.15, 0.2) is 0 Å². The molecule has 0 aliphatic carbocycles. The maximum absolute atomic E-state index is 12.0. The highest BCUT2D eigenvalue weighted by Crippen LogP contribution is 2.13. The molecule has 0 unspecified atom stereocenters. The first kappa shape index (κ1) is 16.9. The van der Waals surface area contributed by atoms with Crippen LogP contribution < -0.4 is 5.43 Å². The molecule has 0 saturated heterocycles. The van der Waals surface area contributed by atoms with E-state index in [4.69, 9.17) is 0 Å². The van der Waals surface area contributed by atoms with Gasteiger partial charge in [-0.3, -0.25) is 4.79 Å². The molecule has 5 heteroatoms. The van der Waals surface area contributed by atoms with Gasteiger partial charge in [-0.25, -0.2) is 5.43 Å². The van der Waals surface area contributed by atoms with Gasteiger partial charge < -0.3 is 0 Å². The van der Waals surface area contributed by atoms with Crippen molar-refractivity contribution < 1.29 is 4.79 Å².